The first-order valence-corrected chi connectivity index (χ1v) is 9.44. The quantitative estimate of drug-likeness (QED) is 0.663. The van der Waals surface area contributed by atoms with Crippen LogP contribution in [0.2, 0.25) is 0 Å². The third-order valence-electron chi connectivity index (χ3n) is 4.54. The largest absolute Gasteiger partial charge is 0.292 e. The molecule has 0 unspecified atom stereocenters. The molecule has 132 valence electrons. The number of nitrogens with zero attached hydrogens (tertiary/aromatic N) is 1. The summed E-state index contributed by atoms with van der Waals surface area (Å²) in [6.45, 7) is 16.7. The van der Waals surface area contributed by atoms with Crippen molar-refractivity contribution in [3.8, 4) is 11.8 Å². The molecule has 1 aromatic rings. The molecule has 0 atom stereocenters. The van der Waals surface area contributed by atoms with Crippen LogP contribution in [0.3, 0.4) is 0 Å². The Kier molecular flexibility index (Phi) is 6.16. The fourth-order valence-electron chi connectivity index (χ4n) is 3.36. The zero-order valence-corrected chi connectivity index (χ0v) is 16.6. The number of hydrogen-bond donors (Lipinski definition) is 0. The first-order valence-electron chi connectivity index (χ1n) is 9.44. The molecule has 0 spiro atoms. The maximum Gasteiger partial charge on any atom is 0.0601 e. The smallest absolute Gasteiger partial charge is 0.0601 e. The molecule has 0 amide bonds. The van der Waals surface area contributed by atoms with Crippen molar-refractivity contribution in [3.05, 3.63) is 35.4 Å². The van der Waals surface area contributed by atoms with Crippen LogP contribution in [0, 0.1) is 22.7 Å². The van der Waals surface area contributed by atoms with E-state index >= 15 is 0 Å². The normalized spacial score (nSPS) is 17.4. The highest BCUT2D eigenvalue weighted by Crippen LogP contribution is 2.29. The molecule has 1 aliphatic rings. The predicted octanol–water partition coefficient (Wildman–Crippen LogP) is 5.50. The van der Waals surface area contributed by atoms with Crippen LogP contribution in [0.4, 0.5) is 0 Å². The Morgan fingerprint density at radius 1 is 0.958 bits per heavy atom. The van der Waals surface area contributed by atoms with Crippen LogP contribution in [0.25, 0.3) is 0 Å². The zero-order chi connectivity index (χ0) is 17.8. The molecule has 24 heavy (non-hydrogen) atoms. The minimum absolute atomic E-state index is 0.118. The second kappa shape index (κ2) is 7.75. The molecule has 1 saturated heterocycles. The lowest BCUT2D eigenvalue weighted by atomic mass is 9.85. The summed E-state index contributed by atoms with van der Waals surface area (Å²) in [6, 6.07) is 9.39. The van der Waals surface area contributed by atoms with E-state index in [1.165, 1.54) is 37.1 Å². The van der Waals surface area contributed by atoms with Gasteiger partial charge in [-0.25, -0.2) is 0 Å². The SMILES string of the molecule is CC(C)(C)C#CCN1CCC(c2ccc(CC(C)(C)C)cc2)CC1. The Balaban J connectivity index is 1.84. The van der Waals surface area contributed by atoms with Gasteiger partial charge in [0.25, 0.3) is 0 Å². The van der Waals surface area contributed by atoms with Crippen molar-refractivity contribution in [3.63, 3.8) is 0 Å². The number of piperidine rings is 1. The van der Waals surface area contributed by atoms with E-state index in [1.807, 2.05) is 0 Å². The lowest BCUT2D eigenvalue weighted by Crippen LogP contribution is -2.33. The van der Waals surface area contributed by atoms with Crippen molar-refractivity contribution in [2.75, 3.05) is 19.6 Å². The lowest BCUT2D eigenvalue weighted by molar-refractivity contribution is 0.235. The zero-order valence-electron chi connectivity index (χ0n) is 16.6. The highest BCUT2D eigenvalue weighted by Gasteiger charge is 2.20. The van der Waals surface area contributed by atoms with E-state index < -0.39 is 0 Å². The van der Waals surface area contributed by atoms with Gasteiger partial charge in [0, 0.05) is 5.41 Å². The maximum atomic E-state index is 3.35. The second-order valence-electron chi connectivity index (χ2n) is 9.58. The minimum atomic E-state index is 0.118. The third-order valence-corrected chi connectivity index (χ3v) is 4.54. The van der Waals surface area contributed by atoms with Crippen molar-refractivity contribution in [2.24, 2.45) is 10.8 Å². The molecule has 0 radical (unpaired) electrons. The van der Waals surface area contributed by atoms with Crippen molar-refractivity contribution < 1.29 is 0 Å². The lowest BCUT2D eigenvalue weighted by Gasteiger charge is -2.31. The fraction of sp³-hybridized carbons (Fsp3) is 0.652. The molecular formula is C23H35N. The standard InChI is InChI=1S/C23H35N/c1-22(2,3)14-7-15-24-16-12-21(13-17-24)20-10-8-19(9-11-20)18-23(4,5)6/h8-11,21H,12-13,15-18H2,1-6H3. The summed E-state index contributed by atoms with van der Waals surface area (Å²) in [4.78, 5) is 2.50. The van der Waals surface area contributed by atoms with E-state index in [-0.39, 0.29) is 5.41 Å². The van der Waals surface area contributed by atoms with Crippen LogP contribution in [-0.4, -0.2) is 24.5 Å². The Morgan fingerprint density at radius 3 is 2.04 bits per heavy atom. The highest BCUT2D eigenvalue weighted by atomic mass is 15.1. The molecule has 1 aromatic carbocycles. The van der Waals surface area contributed by atoms with Crippen LogP contribution < -0.4 is 0 Å². The van der Waals surface area contributed by atoms with E-state index in [0.717, 1.165) is 18.9 Å². The number of hydrogen-bond acceptors (Lipinski definition) is 1. The molecule has 0 aromatic heterocycles. The van der Waals surface area contributed by atoms with Crippen LogP contribution >= 0.6 is 0 Å². The van der Waals surface area contributed by atoms with Crippen LogP contribution in [0.15, 0.2) is 24.3 Å². The fourth-order valence-corrected chi connectivity index (χ4v) is 3.36. The molecular weight excluding hydrogens is 290 g/mol. The Bertz CT molecular complexity index is 564. The number of likely N-dealkylation sites (tertiary alicyclic amines) is 1. The summed E-state index contributed by atoms with van der Waals surface area (Å²) in [6.07, 6.45) is 3.67. The molecule has 1 heteroatoms. The predicted molar refractivity (Wildman–Crippen MR) is 105 cm³/mol. The van der Waals surface area contributed by atoms with Gasteiger partial charge in [0.15, 0.2) is 0 Å². The van der Waals surface area contributed by atoms with Gasteiger partial charge < -0.3 is 0 Å². The van der Waals surface area contributed by atoms with E-state index in [0.29, 0.717) is 5.41 Å². The van der Waals surface area contributed by atoms with Crippen molar-refractivity contribution >= 4 is 0 Å². The van der Waals surface area contributed by atoms with Crippen molar-refractivity contribution in [1.82, 2.24) is 4.90 Å². The number of rotatable bonds is 3. The Labute approximate surface area is 149 Å². The molecule has 1 heterocycles. The summed E-state index contributed by atoms with van der Waals surface area (Å²) in [5.41, 5.74) is 3.46. The summed E-state index contributed by atoms with van der Waals surface area (Å²) >= 11 is 0. The summed E-state index contributed by atoms with van der Waals surface area (Å²) in [5.74, 6) is 7.42. The van der Waals surface area contributed by atoms with Crippen LogP contribution in [-0.2, 0) is 6.42 Å². The van der Waals surface area contributed by atoms with E-state index in [9.17, 15) is 0 Å². The van der Waals surface area contributed by atoms with Gasteiger partial charge in [-0.15, -0.1) is 0 Å². The van der Waals surface area contributed by atoms with Crippen molar-refractivity contribution in [1.29, 1.82) is 0 Å². The van der Waals surface area contributed by atoms with Gasteiger partial charge in [0.05, 0.1) is 6.54 Å². The van der Waals surface area contributed by atoms with Gasteiger partial charge >= 0.3 is 0 Å². The third kappa shape index (κ3) is 6.70. The molecule has 0 N–H and O–H groups in total. The maximum absolute atomic E-state index is 3.35. The van der Waals surface area contributed by atoms with Crippen LogP contribution in [0.5, 0.6) is 0 Å². The minimum Gasteiger partial charge on any atom is -0.292 e. The van der Waals surface area contributed by atoms with Gasteiger partial charge in [-0.1, -0.05) is 56.9 Å². The number of benzene rings is 1. The monoisotopic (exact) mass is 325 g/mol. The molecule has 0 saturated carbocycles. The highest BCUT2D eigenvalue weighted by molar-refractivity contribution is 5.26. The first kappa shape index (κ1) is 19.1. The van der Waals surface area contributed by atoms with Gasteiger partial charge in [-0.2, -0.15) is 0 Å². The molecule has 1 aliphatic heterocycles. The van der Waals surface area contributed by atoms with E-state index in [4.69, 9.17) is 0 Å². The summed E-state index contributed by atoms with van der Waals surface area (Å²) in [5, 5.41) is 0. The Morgan fingerprint density at radius 2 is 1.54 bits per heavy atom. The molecule has 1 nitrogen and oxygen atoms in total. The second-order valence-corrected chi connectivity index (χ2v) is 9.58. The molecule has 0 bridgehead atoms. The summed E-state index contributed by atoms with van der Waals surface area (Å²) in [7, 11) is 0. The van der Waals surface area contributed by atoms with Gasteiger partial charge in [0.1, 0.15) is 0 Å². The molecule has 2 rings (SSSR count). The average Bonchev–Trinajstić information content (AvgIpc) is 2.46. The molecule has 0 aliphatic carbocycles. The molecule has 1 fully saturated rings. The van der Waals surface area contributed by atoms with Gasteiger partial charge in [0.2, 0.25) is 0 Å². The first-order chi connectivity index (χ1) is 11.1. The topological polar surface area (TPSA) is 3.24 Å². The van der Waals surface area contributed by atoms with Crippen LogP contribution in [0.1, 0.15) is 71.4 Å². The van der Waals surface area contributed by atoms with E-state index in [1.54, 1.807) is 0 Å². The Hall–Kier alpha value is -1.26. The van der Waals surface area contributed by atoms with E-state index in [2.05, 4.69) is 82.5 Å². The van der Waals surface area contributed by atoms with Crippen molar-refractivity contribution in [2.45, 2.75) is 66.7 Å². The van der Waals surface area contributed by atoms with Gasteiger partial charge in [-0.05, 0) is 75.6 Å². The van der Waals surface area contributed by atoms with Gasteiger partial charge in [-0.3, -0.25) is 4.90 Å². The summed E-state index contributed by atoms with van der Waals surface area (Å²) < 4.78 is 0. The average molecular weight is 326 g/mol.